The predicted octanol–water partition coefficient (Wildman–Crippen LogP) is 1.02. The van der Waals surface area contributed by atoms with Crippen LogP contribution in [0.4, 0.5) is 5.82 Å². The summed E-state index contributed by atoms with van der Waals surface area (Å²) in [5.74, 6) is 6.75. The Morgan fingerprint density at radius 1 is 1.53 bits per heavy atom. The third-order valence-electron chi connectivity index (χ3n) is 2.15. The molecule has 0 saturated heterocycles. The zero-order chi connectivity index (χ0) is 13.7. The number of nitrogens with one attached hydrogen (secondary N) is 1. The van der Waals surface area contributed by atoms with Crippen molar-refractivity contribution in [3.63, 3.8) is 0 Å². The summed E-state index contributed by atoms with van der Waals surface area (Å²) in [5, 5.41) is 2.49. The highest BCUT2D eigenvalue weighted by Gasteiger charge is 2.05. The number of hydrogen-bond acceptors (Lipinski definition) is 6. The van der Waals surface area contributed by atoms with E-state index in [0.29, 0.717) is 17.5 Å². The van der Waals surface area contributed by atoms with Gasteiger partial charge in [0.15, 0.2) is 5.16 Å². The van der Waals surface area contributed by atoms with Crippen molar-refractivity contribution >= 4 is 28.9 Å². The third kappa shape index (κ3) is 3.86. The van der Waals surface area contributed by atoms with Crippen molar-refractivity contribution in [2.24, 2.45) is 5.73 Å². The number of H-pyrrole nitrogens is 1. The lowest BCUT2D eigenvalue weighted by atomic mass is 10.3. The highest BCUT2D eigenvalue weighted by atomic mass is 32.2. The van der Waals surface area contributed by atoms with Gasteiger partial charge in [0, 0.05) is 22.3 Å². The van der Waals surface area contributed by atoms with E-state index in [1.54, 1.807) is 11.3 Å². The number of hydrogen-bond donors (Lipinski definition) is 3. The summed E-state index contributed by atoms with van der Waals surface area (Å²) in [4.78, 5) is 19.1. The Hall–Kier alpha value is -1.75. The first-order chi connectivity index (χ1) is 9.19. The molecule has 0 aliphatic carbocycles. The number of aromatic nitrogens is 2. The van der Waals surface area contributed by atoms with Gasteiger partial charge in [-0.05, 0) is 11.4 Å². The number of anilines is 1. The Morgan fingerprint density at radius 2 is 2.37 bits per heavy atom. The number of rotatable bonds is 3. The average Bonchev–Trinajstić information content (AvgIpc) is 2.80. The molecule has 2 rings (SSSR count). The van der Waals surface area contributed by atoms with Crippen LogP contribution in [-0.4, -0.2) is 16.5 Å². The van der Waals surface area contributed by atoms with Crippen molar-refractivity contribution < 1.29 is 0 Å². The minimum Gasteiger partial charge on any atom is -0.383 e. The van der Waals surface area contributed by atoms with Crippen LogP contribution in [0, 0.1) is 11.8 Å². The van der Waals surface area contributed by atoms with Gasteiger partial charge in [-0.3, -0.25) is 4.79 Å². The van der Waals surface area contributed by atoms with E-state index in [-0.39, 0.29) is 11.4 Å². The standard InChI is InChI=1S/C12H12N4OS2/c13-4-1-2-8-3-5-18-9(8)7-19-12-15-10(14)6-11(17)16-12/h3,5-6H,4,7,13H2,(H3,14,15,16,17). The molecule has 0 fully saturated rings. The van der Waals surface area contributed by atoms with Gasteiger partial charge in [0.25, 0.3) is 5.56 Å². The lowest BCUT2D eigenvalue weighted by Gasteiger charge is -2.00. The molecule has 98 valence electrons. The summed E-state index contributed by atoms with van der Waals surface area (Å²) in [6, 6.07) is 3.21. The highest BCUT2D eigenvalue weighted by molar-refractivity contribution is 7.98. The number of thiophene rings is 1. The Bertz CT molecular complexity index is 681. The molecular formula is C12H12N4OS2. The number of nitrogen functional groups attached to an aromatic ring is 1. The van der Waals surface area contributed by atoms with E-state index in [0.717, 1.165) is 10.4 Å². The van der Waals surface area contributed by atoms with Crippen molar-refractivity contribution in [2.75, 3.05) is 12.3 Å². The average molecular weight is 292 g/mol. The second kappa shape index (κ2) is 6.43. The van der Waals surface area contributed by atoms with E-state index in [1.807, 2.05) is 11.4 Å². The van der Waals surface area contributed by atoms with Crippen LogP contribution in [0.25, 0.3) is 0 Å². The minimum absolute atomic E-state index is 0.223. The van der Waals surface area contributed by atoms with Gasteiger partial charge in [-0.1, -0.05) is 23.6 Å². The monoisotopic (exact) mass is 292 g/mol. The van der Waals surface area contributed by atoms with E-state index in [1.165, 1.54) is 17.8 Å². The van der Waals surface area contributed by atoms with Gasteiger partial charge in [0.2, 0.25) is 0 Å². The zero-order valence-electron chi connectivity index (χ0n) is 9.97. The third-order valence-corrected chi connectivity index (χ3v) is 4.15. The molecule has 2 aromatic heterocycles. The lowest BCUT2D eigenvalue weighted by Crippen LogP contribution is -2.09. The van der Waals surface area contributed by atoms with E-state index < -0.39 is 0 Å². The molecule has 5 N–H and O–H groups in total. The zero-order valence-corrected chi connectivity index (χ0v) is 11.6. The molecule has 0 radical (unpaired) electrons. The fourth-order valence-electron chi connectivity index (χ4n) is 1.37. The quantitative estimate of drug-likeness (QED) is 0.446. The van der Waals surface area contributed by atoms with Gasteiger partial charge < -0.3 is 16.5 Å². The second-order valence-corrected chi connectivity index (χ2v) is 5.49. The Labute approximate surface area is 118 Å². The summed E-state index contributed by atoms with van der Waals surface area (Å²) in [7, 11) is 0. The number of nitrogens with two attached hydrogens (primary N) is 2. The maximum Gasteiger partial charge on any atom is 0.253 e. The van der Waals surface area contributed by atoms with Gasteiger partial charge >= 0.3 is 0 Å². The molecule has 0 unspecified atom stereocenters. The normalized spacial score (nSPS) is 9.95. The molecule has 0 saturated carbocycles. The van der Waals surface area contributed by atoms with Gasteiger partial charge in [-0.2, -0.15) is 0 Å². The van der Waals surface area contributed by atoms with E-state index in [4.69, 9.17) is 11.5 Å². The Balaban J connectivity index is 2.10. The Morgan fingerprint density at radius 3 is 3.11 bits per heavy atom. The van der Waals surface area contributed by atoms with E-state index in [9.17, 15) is 4.79 Å². The molecule has 7 heteroatoms. The molecular weight excluding hydrogens is 280 g/mol. The van der Waals surface area contributed by atoms with Crippen LogP contribution >= 0.6 is 23.1 Å². The Kier molecular flexibility index (Phi) is 4.63. The topological polar surface area (TPSA) is 97.8 Å². The first kappa shape index (κ1) is 13.7. The molecule has 0 aliphatic rings. The van der Waals surface area contributed by atoms with Crippen LogP contribution in [0.1, 0.15) is 10.4 Å². The molecule has 0 aliphatic heterocycles. The van der Waals surface area contributed by atoms with Gasteiger partial charge in [0.05, 0.1) is 6.54 Å². The van der Waals surface area contributed by atoms with Crippen molar-refractivity contribution in [2.45, 2.75) is 10.9 Å². The van der Waals surface area contributed by atoms with Crippen LogP contribution in [-0.2, 0) is 5.75 Å². The van der Waals surface area contributed by atoms with E-state index >= 15 is 0 Å². The first-order valence-corrected chi connectivity index (χ1v) is 7.30. The van der Waals surface area contributed by atoms with Crippen LogP contribution in [0.2, 0.25) is 0 Å². The molecule has 2 aromatic rings. The molecule has 0 bridgehead atoms. The summed E-state index contributed by atoms with van der Waals surface area (Å²) in [5.41, 5.74) is 11.6. The van der Waals surface area contributed by atoms with Crippen molar-refractivity contribution in [3.05, 3.63) is 38.3 Å². The smallest absolute Gasteiger partial charge is 0.253 e. The molecule has 19 heavy (non-hydrogen) atoms. The predicted molar refractivity (Wildman–Crippen MR) is 79.1 cm³/mol. The summed E-state index contributed by atoms with van der Waals surface area (Å²) in [6.45, 7) is 0.340. The van der Waals surface area contributed by atoms with Crippen molar-refractivity contribution in [1.29, 1.82) is 0 Å². The summed E-state index contributed by atoms with van der Waals surface area (Å²) >= 11 is 3.03. The minimum atomic E-state index is -0.246. The van der Waals surface area contributed by atoms with Gasteiger partial charge in [0.1, 0.15) is 5.82 Å². The van der Waals surface area contributed by atoms with Crippen LogP contribution in [0.5, 0.6) is 0 Å². The summed E-state index contributed by atoms with van der Waals surface area (Å²) in [6.07, 6.45) is 0. The van der Waals surface area contributed by atoms with Crippen molar-refractivity contribution in [1.82, 2.24) is 9.97 Å². The largest absolute Gasteiger partial charge is 0.383 e. The SMILES string of the molecule is NCC#Cc1ccsc1CSc1nc(N)cc(=O)[nH]1. The van der Waals surface area contributed by atoms with Crippen molar-refractivity contribution in [3.8, 4) is 11.8 Å². The van der Waals surface area contributed by atoms with Gasteiger partial charge in [-0.15, -0.1) is 11.3 Å². The number of nitrogens with zero attached hydrogens (tertiary/aromatic N) is 1. The van der Waals surface area contributed by atoms with Gasteiger partial charge in [-0.25, -0.2) is 4.98 Å². The fourth-order valence-corrected chi connectivity index (χ4v) is 3.19. The molecule has 0 aromatic carbocycles. The van der Waals surface area contributed by atoms with Crippen LogP contribution < -0.4 is 17.0 Å². The number of aromatic amines is 1. The van der Waals surface area contributed by atoms with E-state index in [2.05, 4.69) is 21.8 Å². The molecule has 2 heterocycles. The maximum absolute atomic E-state index is 11.3. The first-order valence-electron chi connectivity index (χ1n) is 5.44. The molecule has 0 atom stereocenters. The molecule has 0 amide bonds. The molecule has 5 nitrogen and oxygen atoms in total. The highest BCUT2D eigenvalue weighted by Crippen LogP contribution is 2.25. The number of thioether (sulfide) groups is 1. The molecule has 0 spiro atoms. The fraction of sp³-hybridized carbons (Fsp3) is 0.167. The second-order valence-electron chi connectivity index (χ2n) is 3.53. The summed E-state index contributed by atoms with van der Waals surface area (Å²) < 4.78 is 0. The van der Waals surface area contributed by atoms with Crippen LogP contribution in [0.3, 0.4) is 0 Å². The maximum atomic E-state index is 11.3. The van der Waals surface area contributed by atoms with Crippen LogP contribution in [0.15, 0.2) is 27.5 Å². The lowest BCUT2D eigenvalue weighted by molar-refractivity contribution is 0.945.